The van der Waals surface area contributed by atoms with Gasteiger partial charge in [-0.2, -0.15) is 4.79 Å². The first-order valence-corrected chi connectivity index (χ1v) is 3.89. The van der Waals surface area contributed by atoms with Crippen molar-refractivity contribution in [3.05, 3.63) is 29.8 Å². The molecule has 0 aliphatic heterocycles. The van der Waals surface area contributed by atoms with Crippen molar-refractivity contribution >= 4 is 17.8 Å². The van der Waals surface area contributed by atoms with Crippen molar-refractivity contribution in [3.8, 4) is 5.75 Å². The number of ether oxygens (including phenoxy) is 1. The summed E-state index contributed by atoms with van der Waals surface area (Å²) in [4.78, 5) is 13.6. The Morgan fingerprint density at radius 3 is 2.93 bits per heavy atom. The lowest BCUT2D eigenvalue weighted by atomic mass is 10.3. The van der Waals surface area contributed by atoms with E-state index in [2.05, 4.69) is 10.1 Å². The molecule has 0 radical (unpaired) electrons. The SMILES string of the molecule is COc1ccccc1NC(=O)C=[N+]=[N-]. The van der Waals surface area contributed by atoms with Crippen LogP contribution in [0.2, 0.25) is 0 Å². The monoisotopic (exact) mass is 191 g/mol. The standard InChI is InChI=1S/C9H9N3O2/c1-14-8-5-3-2-4-7(8)12-9(13)6-11-10/h2-6H,1H3,(H,12,13). The van der Waals surface area contributed by atoms with Gasteiger partial charge < -0.3 is 15.6 Å². The van der Waals surface area contributed by atoms with E-state index in [-0.39, 0.29) is 0 Å². The van der Waals surface area contributed by atoms with Crippen LogP contribution in [0.4, 0.5) is 5.69 Å². The smallest absolute Gasteiger partial charge is 0.344 e. The van der Waals surface area contributed by atoms with Gasteiger partial charge in [0.25, 0.3) is 0 Å². The van der Waals surface area contributed by atoms with Gasteiger partial charge in [-0.15, -0.1) is 0 Å². The molecule has 1 aromatic rings. The van der Waals surface area contributed by atoms with Gasteiger partial charge in [0.15, 0.2) is 0 Å². The minimum Gasteiger partial charge on any atom is -0.495 e. The number of benzene rings is 1. The average molecular weight is 191 g/mol. The molecule has 1 aromatic carbocycles. The Balaban J connectivity index is 2.85. The normalized spacial score (nSPS) is 8.64. The van der Waals surface area contributed by atoms with Crippen LogP contribution in [-0.4, -0.2) is 24.0 Å². The van der Waals surface area contributed by atoms with Gasteiger partial charge in [0.1, 0.15) is 5.75 Å². The molecule has 0 aliphatic carbocycles. The van der Waals surface area contributed by atoms with Crippen LogP contribution in [0.5, 0.6) is 5.75 Å². The molecule has 0 aliphatic rings. The average Bonchev–Trinajstić information content (AvgIpc) is 2.19. The van der Waals surface area contributed by atoms with Gasteiger partial charge in [-0.1, -0.05) is 12.1 Å². The van der Waals surface area contributed by atoms with Crippen molar-refractivity contribution in [3.63, 3.8) is 0 Å². The molecule has 0 unspecified atom stereocenters. The lowest BCUT2D eigenvalue weighted by molar-refractivity contribution is -0.113. The maximum atomic E-state index is 11.0. The van der Waals surface area contributed by atoms with Crippen LogP contribution in [-0.2, 0) is 4.79 Å². The number of carbonyl (C=O) groups excluding carboxylic acids is 1. The topological polar surface area (TPSA) is 74.7 Å². The largest absolute Gasteiger partial charge is 0.495 e. The van der Waals surface area contributed by atoms with E-state index < -0.39 is 5.91 Å². The van der Waals surface area contributed by atoms with Gasteiger partial charge in [-0.3, -0.25) is 4.79 Å². The van der Waals surface area contributed by atoms with E-state index in [1.807, 2.05) is 0 Å². The summed E-state index contributed by atoms with van der Waals surface area (Å²) in [7, 11) is 1.51. The van der Waals surface area contributed by atoms with E-state index in [1.165, 1.54) is 7.11 Å². The van der Waals surface area contributed by atoms with Gasteiger partial charge in [-0.05, 0) is 12.1 Å². The molecule has 1 rings (SSSR count). The van der Waals surface area contributed by atoms with Gasteiger partial charge in [-0.25, -0.2) is 0 Å². The summed E-state index contributed by atoms with van der Waals surface area (Å²) in [5.41, 5.74) is 8.65. The first-order chi connectivity index (χ1) is 6.77. The van der Waals surface area contributed by atoms with Crippen LogP contribution in [0.25, 0.3) is 5.53 Å². The molecule has 0 saturated carbocycles. The third-order valence-corrected chi connectivity index (χ3v) is 1.54. The number of nitrogens with zero attached hydrogens (tertiary/aromatic N) is 2. The summed E-state index contributed by atoms with van der Waals surface area (Å²) in [5, 5.41) is 2.49. The number of anilines is 1. The number of hydrogen-bond donors (Lipinski definition) is 1. The molecular formula is C9H9N3O2. The highest BCUT2D eigenvalue weighted by atomic mass is 16.5. The zero-order chi connectivity index (χ0) is 10.4. The van der Waals surface area contributed by atoms with Crippen LogP contribution < -0.4 is 10.1 Å². The zero-order valence-corrected chi connectivity index (χ0v) is 7.60. The van der Waals surface area contributed by atoms with Gasteiger partial charge in [0.05, 0.1) is 12.8 Å². The highest BCUT2D eigenvalue weighted by molar-refractivity contribution is 6.29. The molecule has 0 bridgehead atoms. The van der Waals surface area contributed by atoms with E-state index in [9.17, 15) is 4.79 Å². The fourth-order valence-electron chi connectivity index (χ4n) is 0.965. The first kappa shape index (κ1) is 9.95. The molecule has 1 amide bonds. The van der Waals surface area contributed by atoms with E-state index in [0.717, 1.165) is 6.21 Å². The number of rotatable bonds is 3. The second-order valence-corrected chi connectivity index (χ2v) is 2.43. The van der Waals surface area contributed by atoms with Crippen molar-refractivity contribution in [1.82, 2.24) is 0 Å². The predicted molar refractivity (Wildman–Crippen MR) is 51.3 cm³/mol. The number of para-hydroxylation sites is 2. The van der Waals surface area contributed by atoms with Crippen molar-refractivity contribution in [2.24, 2.45) is 0 Å². The van der Waals surface area contributed by atoms with Crippen LogP contribution in [0.15, 0.2) is 24.3 Å². The fraction of sp³-hybridized carbons (Fsp3) is 0.111. The van der Waals surface area contributed by atoms with Crippen LogP contribution in [0, 0.1) is 0 Å². The lowest BCUT2D eigenvalue weighted by Crippen LogP contribution is -2.13. The van der Waals surface area contributed by atoms with E-state index in [0.29, 0.717) is 11.4 Å². The number of nitrogens with one attached hydrogen (secondary N) is 1. The molecular weight excluding hydrogens is 182 g/mol. The zero-order valence-electron chi connectivity index (χ0n) is 7.60. The molecule has 5 heteroatoms. The Kier molecular flexibility index (Phi) is 3.41. The lowest BCUT2D eigenvalue weighted by Gasteiger charge is -2.06. The van der Waals surface area contributed by atoms with E-state index in [4.69, 9.17) is 10.3 Å². The molecule has 0 spiro atoms. The summed E-state index contributed by atoms with van der Waals surface area (Å²) >= 11 is 0. The number of methoxy groups -OCH3 is 1. The van der Waals surface area contributed by atoms with Gasteiger partial charge in [0, 0.05) is 0 Å². The van der Waals surface area contributed by atoms with Crippen LogP contribution in [0.3, 0.4) is 0 Å². The number of carbonyl (C=O) groups is 1. The maximum Gasteiger partial charge on any atom is 0.344 e. The van der Waals surface area contributed by atoms with Crippen molar-refractivity contribution < 1.29 is 14.3 Å². The van der Waals surface area contributed by atoms with Crippen LogP contribution in [0.1, 0.15) is 0 Å². The quantitative estimate of drug-likeness (QED) is 0.438. The third kappa shape index (κ3) is 2.43. The Bertz CT molecular complexity index is 383. The Hall–Kier alpha value is -2.13. The highest BCUT2D eigenvalue weighted by Gasteiger charge is 2.06. The molecule has 72 valence electrons. The molecule has 0 heterocycles. The third-order valence-electron chi connectivity index (χ3n) is 1.54. The Morgan fingerprint density at radius 1 is 1.57 bits per heavy atom. The molecule has 0 aromatic heterocycles. The predicted octanol–water partition coefficient (Wildman–Crippen LogP) is 0.934. The minimum absolute atomic E-state index is 0.517. The van der Waals surface area contributed by atoms with Crippen molar-refractivity contribution in [1.29, 1.82) is 0 Å². The van der Waals surface area contributed by atoms with E-state index in [1.54, 1.807) is 24.3 Å². The van der Waals surface area contributed by atoms with E-state index >= 15 is 0 Å². The summed E-state index contributed by atoms with van der Waals surface area (Å²) < 4.78 is 5.00. The molecule has 1 N–H and O–H groups in total. The number of amides is 1. The summed E-state index contributed by atoms with van der Waals surface area (Å²) in [6, 6.07) is 6.94. The molecule has 0 saturated heterocycles. The van der Waals surface area contributed by atoms with Crippen molar-refractivity contribution in [2.45, 2.75) is 0 Å². The molecule has 0 atom stereocenters. The van der Waals surface area contributed by atoms with Crippen LogP contribution >= 0.6 is 0 Å². The molecule has 0 fully saturated rings. The fourth-order valence-corrected chi connectivity index (χ4v) is 0.965. The maximum absolute atomic E-state index is 11.0. The second kappa shape index (κ2) is 4.79. The van der Waals surface area contributed by atoms with Gasteiger partial charge >= 0.3 is 12.1 Å². The minimum atomic E-state index is -0.517. The summed E-state index contributed by atoms with van der Waals surface area (Å²) in [6.45, 7) is 0. The molecule has 14 heavy (non-hydrogen) atoms. The first-order valence-electron chi connectivity index (χ1n) is 3.89. The highest BCUT2D eigenvalue weighted by Crippen LogP contribution is 2.22. The Morgan fingerprint density at radius 2 is 2.29 bits per heavy atom. The Labute approximate surface area is 80.9 Å². The van der Waals surface area contributed by atoms with Gasteiger partial charge in [0.2, 0.25) is 0 Å². The number of hydrogen-bond acceptors (Lipinski definition) is 2. The molecule has 5 nitrogen and oxygen atoms in total. The van der Waals surface area contributed by atoms with Crippen molar-refractivity contribution in [2.75, 3.05) is 12.4 Å². The summed E-state index contributed by atoms with van der Waals surface area (Å²) in [5.74, 6) is 0.0317. The second-order valence-electron chi connectivity index (χ2n) is 2.43. The summed E-state index contributed by atoms with van der Waals surface area (Å²) in [6.07, 6.45) is 0.770.